The number of aromatic nitrogens is 1. The van der Waals surface area contributed by atoms with Gasteiger partial charge in [-0.2, -0.15) is 0 Å². The third-order valence-electron chi connectivity index (χ3n) is 5.64. The molecule has 1 heterocycles. The SMILES string of the molecule is COc1cccc(CN(Cc2ccccn2)C(=S)NC2CCCCCCC2)c1OC. The number of pyridine rings is 1. The zero-order valence-corrected chi connectivity index (χ0v) is 18.9. The van der Waals surface area contributed by atoms with Crippen LogP contribution in [0.4, 0.5) is 0 Å². The number of hydrogen-bond acceptors (Lipinski definition) is 4. The maximum Gasteiger partial charge on any atom is 0.169 e. The first-order chi connectivity index (χ1) is 14.7. The molecule has 2 aromatic rings. The molecular formula is C24H33N3O2S. The Morgan fingerprint density at radius 1 is 1.00 bits per heavy atom. The fourth-order valence-electron chi connectivity index (χ4n) is 4.04. The Kier molecular flexibility index (Phi) is 8.75. The molecule has 1 fully saturated rings. The van der Waals surface area contributed by atoms with Crippen molar-refractivity contribution < 1.29 is 9.47 Å². The minimum Gasteiger partial charge on any atom is -0.493 e. The molecule has 1 aromatic carbocycles. The van der Waals surface area contributed by atoms with Crippen LogP contribution < -0.4 is 14.8 Å². The molecule has 0 spiro atoms. The van der Waals surface area contributed by atoms with Gasteiger partial charge in [0.2, 0.25) is 0 Å². The lowest BCUT2D eigenvalue weighted by molar-refractivity contribution is 0.334. The summed E-state index contributed by atoms with van der Waals surface area (Å²) in [7, 11) is 3.34. The van der Waals surface area contributed by atoms with Crippen molar-refractivity contribution in [2.75, 3.05) is 14.2 Å². The van der Waals surface area contributed by atoms with Gasteiger partial charge in [-0.1, -0.05) is 50.3 Å². The quantitative estimate of drug-likeness (QED) is 0.621. The molecule has 0 bridgehead atoms. The summed E-state index contributed by atoms with van der Waals surface area (Å²) in [5, 5.41) is 4.42. The van der Waals surface area contributed by atoms with Crippen LogP contribution in [0.3, 0.4) is 0 Å². The number of para-hydroxylation sites is 1. The number of ether oxygens (including phenoxy) is 2. The van der Waals surface area contributed by atoms with E-state index in [1.54, 1.807) is 14.2 Å². The Morgan fingerprint density at radius 2 is 1.77 bits per heavy atom. The van der Waals surface area contributed by atoms with Crippen LogP contribution in [0.25, 0.3) is 0 Å². The predicted molar refractivity (Wildman–Crippen MR) is 125 cm³/mol. The van der Waals surface area contributed by atoms with E-state index >= 15 is 0 Å². The average molecular weight is 428 g/mol. The lowest BCUT2D eigenvalue weighted by Crippen LogP contribution is -2.44. The van der Waals surface area contributed by atoms with Gasteiger partial charge < -0.3 is 19.7 Å². The minimum absolute atomic E-state index is 0.441. The van der Waals surface area contributed by atoms with Gasteiger partial charge >= 0.3 is 0 Å². The first-order valence-corrected chi connectivity index (χ1v) is 11.3. The highest BCUT2D eigenvalue weighted by Crippen LogP contribution is 2.32. The van der Waals surface area contributed by atoms with Crippen molar-refractivity contribution in [2.24, 2.45) is 0 Å². The standard InChI is InChI=1S/C24H33N3O2S/c1-28-22-15-10-11-19(23(22)29-2)17-27(18-21-14-8-9-16-25-21)24(30)26-20-12-6-4-3-5-7-13-20/h8-11,14-16,20H,3-7,12-13,17-18H2,1-2H3,(H,26,30). The highest BCUT2D eigenvalue weighted by atomic mass is 32.1. The van der Waals surface area contributed by atoms with E-state index < -0.39 is 0 Å². The molecule has 1 aromatic heterocycles. The van der Waals surface area contributed by atoms with E-state index in [0.717, 1.165) is 27.9 Å². The summed E-state index contributed by atoms with van der Waals surface area (Å²) in [6, 6.07) is 12.4. The summed E-state index contributed by atoms with van der Waals surface area (Å²) in [4.78, 5) is 6.68. The van der Waals surface area contributed by atoms with Gasteiger partial charge in [-0.15, -0.1) is 0 Å². The Hall–Kier alpha value is -2.34. The maximum absolute atomic E-state index is 5.89. The van der Waals surface area contributed by atoms with Crippen LogP contribution in [-0.2, 0) is 13.1 Å². The van der Waals surface area contributed by atoms with Gasteiger partial charge in [0.25, 0.3) is 0 Å². The number of benzene rings is 1. The zero-order valence-electron chi connectivity index (χ0n) is 18.1. The first-order valence-electron chi connectivity index (χ1n) is 10.9. The van der Waals surface area contributed by atoms with E-state index in [-0.39, 0.29) is 0 Å². The van der Waals surface area contributed by atoms with Crippen LogP contribution in [0.15, 0.2) is 42.6 Å². The van der Waals surface area contributed by atoms with Crippen molar-refractivity contribution >= 4 is 17.3 Å². The van der Waals surface area contributed by atoms with Crippen molar-refractivity contribution in [1.29, 1.82) is 0 Å². The normalized spacial score (nSPS) is 15.0. The second-order valence-electron chi connectivity index (χ2n) is 7.82. The molecule has 0 aliphatic heterocycles. The zero-order chi connectivity index (χ0) is 21.2. The number of methoxy groups -OCH3 is 2. The Morgan fingerprint density at radius 3 is 2.43 bits per heavy atom. The number of thiocarbonyl (C=S) groups is 1. The molecule has 1 aliphatic rings. The smallest absolute Gasteiger partial charge is 0.169 e. The highest BCUT2D eigenvalue weighted by Gasteiger charge is 2.19. The van der Waals surface area contributed by atoms with E-state index in [9.17, 15) is 0 Å². The van der Waals surface area contributed by atoms with Gasteiger partial charge in [0.1, 0.15) is 0 Å². The first kappa shape index (κ1) is 22.3. The molecule has 3 rings (SSSR count). The van der Waals surface area contributed by atoms with Crippen molar-refractivity contribution in [1.82, 2.24) is 15.2 Å². The molecule has 5 nitrogen and oxygen atoms in total. The van der Waals surface area contributed by atoms with Crippen LogP contribution in [0, 0.1) is 0 Å². The summed E-state index contributed by atoms with van der Waals surface area (Å²) >= 11 is 5.89. The number of rotatable bonds is 7. The summed E-state index contributed by atoms with van der Waals surface area (Å²) in [5.41, 5.74) is 2.02. The topological polar surface area (TPSA) is 46.6 Å². The fraction of sp³-hybridized carbons (Fsp3) is 0.500. The molecule has 30 heavy (non-hydrogen) atoms. The third kappa shape index (κ3) is 6.33. The lowest BCUT2D eigenvalue weighted by Gasteiger charge is -2.30. The minimum atomic E-state index is 0.441. The number of hydrogen-bond donors (Lipinski definition) is 1. The molecule has 0 saturated heterocycles. The van der Waals surface area contributed by atoms with Crippen LogP contribution in [0.1, 0.15) is 56.2 Å². The second-order valence-corrected chi connectivity index (χ2v) is 8.21. The van der Waals surface area contributed by atoms with Gasteiger partial charge in [0.05, 0.1) is 26.5 Å². The number of nitrogens with zero attached hydrogens (tertiary/aromatic N) is 2. The molecule has 1 N–H and O–H groups in total. The van der Waals surface area contributed by atoms with Gasteiger partial charge in [-0.05, 0) is 43.3 Å². The van der Waals surface area contributed by atoms with Crippen LogP contribution in [-0.4, -0.2) is 35.3 Å². The predicted octanol–water partition coefficient (Wildman–Crippen LogP) is 5.09. The van der Waals surface area contributed by atoms with Gasteiger partial charge in [-0.25, -0.2) is 0 Å². The number of nitrogens with one attached hydrogen (secondary N) is 1. The summed E-state index contributed by atoms with van der Waals surface area (Å²) < 4.78 is 11.1. The van der Waals surface area contributed by atoms with Crippen LogP contribution in [0.5, 0.6) is 11.5 Å². The Labute approximate surface area is 185 Å². The molecule has 0 unspecified atom stereocenters. The third-order valence-corrected chi connectivity index (χ3v) is 6.02. The van der Waals surface area contributed by atoms with Crippen molar-refractivity contribution in [3.8, 4) is 11.5 Å². The van der Waals surface area contributed by atoms with E-state index in [1.165, 1.54) is 44.9 Å². The van der Waals surface area contributed by atoms with E-state index in [4.69, 9.17) is 21.7 Å². The molecule has 1 aliphatic carbocycles. The molecule has 1 saturated carbocycles. The van der Waals surface area contributed by atoms with E-state index in [2.05, 4.69) is 21.3 Å². The van der Waals surface area contributed by atoms with Gasteiger partial charge in [0, 0.05) is 24.3 Å². The van der Waals surface area contributed by atoms with Crippen LogP contribution >= 0.6 is 12.2 Å². The Balaban J connectivity index is 1.78. The van der Waals surface area contributed by atoms with Crippen LogP contribution in [0.2, 0.25) is 0 Å². The van der Waals surface area contributed by atoms with Gasteiger partial charge in [-0.3, -0.25) is 4.98 Å². The molecule has 6 heteroatoms. The van der Waals surface area contributed by atoms with Crippen molar-refractivity contribution in [3.05, 3.63) is 53.9 Å². The summed E-state index contributed by atoms with van der Waals surface area (Å²) in [5.74, 6) is 1.48. The molecule has 162 valence electrons. The second kappa shape index (κ2) is 11.7. The lowest BCUT2D eigenvalue weighted by atomic mass is 9.97. The monoisotopic (exact) mass is 427 g/mol. The highest BCUT2D eigenvalue weighted by molar-refractivity contribution is 7.80. The molecule has 0 radical (unpaired) electrons. The van der Waals surface area contributed by atoms with E-state index in [1.807, 2.05) is 36.5 Å². The van der Waals surface area contributed by atoms with Crippen molar-refractivity contribution in [3.63, 3.8) is 0 Å². The average Bonchev–Trinajstić information content (AvgIpc) is 2.75. The van der Waals surface area contributed by atoms with E-state index in [0.29, 0.717) is 19.1 Å². The Bertz CT molecular complexity index is 792. The van der Waals surface area contributed by atoms with Crippen molar-refractivity contribution in [2.45, 2.75) is 64.1 Å². The van der Waals surface area contributed by atoms with Gasteiger partial charge in [0.15, 0.2) is 16.6 Å². The molecule has 0 amide bonds. The summed E-state index contributed by atoms with van der Waals surface area (Å²) in [6.07, 6.45) is 10.7. The summed E-state index contributed by atoms with van der Waals surface area (Å²) in [6.45, 7) is 1.26. The molecule has 0 atom stereocenters. The maximum atomic E-state index is 5.89. The largest absolute Gasteiger partial charge is 0.493 e. The fourth-order valence-corrected chi connectivity index (χ4v) is 4.33. The molecular weight excluding hydrogens is 394 g/mol.